The Morgan fingerprint density at radius 2 is 2.00 bits per heavy atom. The van der Waals surface area contributed by atoms with E-state index in [2.05, 4.69) is 0 Å². The number of benzene rings is 1. The standard InChI is InChI=1S/C17H15NO5S/c1-3-23-17(21)15-10(16(20)22-2)8-14(19)18-11-6-4-5-7-13(11)24-9-12(15)18/h4-8H,3,9H2,1-2H3. The summed E-state index contributed by atoms with van der Waals surface area (Å²) in [7, 11) is 1.21. The molecule has 0 fully saturated rings. The Kier molecular flexibility index (Phi) is 4.44. The number of methoxy groups -OCH3 is 1. The topological polar surface area (TPSA) is 74.6 Å². The molecule has 0 bridgehead atoms. The zero-order valence-corrected chi connectivity index (χ0v) is 14.0. The predicted octanol–water partition coefficient (Wildman–Crippen LogP) is 2.41. The number of hydrogen-bond donors (Lipinski definition) is 0. The molecule has 1 aromatic heterocycles. The van der Waals surface area contributed by atoms with Crippen LogP contribution in [0.5, 0.6) is 0 Å². The highest BCUT2D eigenvalue weighted by Gasteiger charge is 2.29. The quantitative estimate of drug-likeness (QED) is 0.795. The summed E-state index contributed by atoms with van der Waals surface area (Å²) >= 11 is 1.50. The molecule has 1 aliphatic rings. The highest BCUT2D eigenvalue weighted by atomic mass is 32.2. The van der Waals surface area contributed by atoms with Crippen molar-refractivity contribution in [2.45, 2.75) is 17.6 Å². The van der Waals surface area contributed by atoms with Crippen LogP contribution in [-0.4, -0.2) is 30.2 Å². The van der Waals surface area contributed by atoms with E-state index in [4.69, 9.17) is 9.47 Å². The Labute approximate surface area is 142 Å². The Hall–Kier alpha value is -2.54. The summed E-state index contributed by atoms with van der Waals surface area (Å²) in [4.78, 5) is 38.0. The summed E-state index contributed by atoms with van der Waals surface area (Å²) in [5.74, 6) is -0.991. The van der Waals surface area contributed by atoms with Crippen molar-refractivity contribution in [3.8, 4) is 5.69 Å². The molecule has 1 aliphatic heterocycles. The summed E-state index contributed by atoms with van der Waals surface area (Å²) in [6.07, 6.45) is 0. The van der Waals surface area contributed by atoms with Crippen LogP contribution in [0.15, 0.2) is 40.0 Å². The van der Waals surface area contributed by atoms with Crippen LogP contribution in [-0.2, 0) is 15.2 Å². The average Bonchev–Trinajstić information content (AvgIpc) is 2.60. The molecule has 0 saturated heterocycles. The van der Waals surface area contributed by atoms with E-state index in [9.17, 15) is 14.4 Å². The van der Waals surface area contributed by atoms with Crippen molar-refractivity contribution in [3.05, 3.63) is 57.5 Å². The van der Waals surface area contributed by atoms with Crippen LogP contribution in [0, 0.1) is 0 Å². The molecule has 7 heteroatoms. The zero-order chi connectivity index (χ0) is 17.3. The number of thioether (sulfide) groups is 1. The number of nitrogens with zero attached hydrogens (tertiary/aromatic N) is 1. The highest BCUT2D eigenvalue weighted by Crippen LogP contribution is 2.36. The second-order valence-corrected chi connectivity index (χ2v) is 6.04. The van der Waals surface area contributed by atoms with E-state index in [-0.39, 0.29) is 23.3 Å². The number of rotatable bonds is 3. The van der Waals surface area contributed by atoms with Gasteiger partial charge in [0, 0.05) is 16.7 Å². The number of pyridine rings is 1. The third-order valence-corrected chi connectivity index (χ3v) is 4.75. The van der Waals surface area contributed by atoms with Gasteiger partial charge in [0.25, 0.3) is 5.56 Å². The number of carbonyl (C=O) groups is 2. The Bertz CT molecular complexity index is 887. The maximum absolute atomic E-state index is 12.6. The zero-order valence-electron chi connectivity index (χ0n) is 13.2. The normalized spacial score (nSPS) is 12.1. The van der Waals surface area contributed by atoms with Gasteiger partial charge in [-0.1, -0.05) is 12.1 Å². The summed E-state index contributed by atoms with van der Waals surface area (Å²) in [6.45, 7) is 1.85. The Balaban J connectivity index is 2.33. The summed E-state index contributed by atoms with van der Waals surface area (Å²) in [5.41, 5.74) is 0.782. The van der Waals surface area contributed by atoms with Gasteiger partial charge in [-0.3, -0.25) is 9.36 Å². The summed E-state index contributed by atoms with van der Waals surface area (Å²) in [6, 6.07) is 8.55. The van der Waals surface area contributed by atoms with Crippen molar-refractivity contribution in [1.29, 1.82) is 0 Å². The van der Waals surface area contributed by atoms with E-state index in [1.807, 2.05) is 18.2 Å². The van der Waals surface area contributed by atoms with E-state index in [1.54, 1.807) is 13.0 Å². The van der Waals surface area contributed by atoms with Crippen molar-refractivity contribution in [3.63, 3.8) is 0 Å². The van der Waals surface area contributed by atoms with Crippen molar-refractivity contribution in [2.75, 3.05) is 13.7 Å². The average molecular weight is 345 g/mol. The van der Waals surface area contributed by atoms with Gasteiger partial charge < -0.3 is 9.47 Å². The first-order valence-electron chi connectivity index (χ1n) is 7.35. The minimum atomic E-state index is -0.734. The van der Waals surface area contributed by atoms with Crippen LogP contribution in [0.1, 0.15) is 33.3 Å². The van der Waals surface area contributed by atoms with Crippen molar-refractivity contribution in [1.82, 2.24) is 4.57 Å². The fraction of sp³-hybridized carbons (Fsp3) is 0.235. The van der Waals surface area contributed by atoms with Gasteiger partial charge >= 0.3 is 11.9 Å². The third-order valence-electron chi connectivity index (χ3n) is 3.67. The number of aromatic nitrogens is 1. The molecule has 24 heavy (non-hydrogen) atoms. The molecule has 0 amide bonds. The van der Waals surface area contributed by atoms with Crippen LogP contribution in [0.4, 0.5) is 0 Å². The lowest BCUT2D eigenvalue weighted by atomic mass is 10.1. The molecule has 2 heterocycles. The first-order chi connectivity index (χ1) is 11.6. The molecule has 0 saturated carbocycles. The predicted molar refractivity (Wildman–Crippen MR) is 88.9 cm³/mol. The van der Waals surface area contributed by atoms with E-state index >= 15 is 0 Å². The number of esters is 2. The molecular weight excluding hydrogens is 330 g/mol. The van der Waals surface area contributed by atoms with Gasteiger partial charge in [-0.25, -0.2) is 9.59 Å². The van der Waals surface area contributed by atoms with Gasteiger partial charge in [-0.2, -0.15) is 0 Å². The van der Waals surface area contributed by atoms with E-state index in [0.717, 1.165) is 11.0 Å². The smallest absolute Gasteiger partial charge is 0.340 e. The molecule has 0 unspecified atom stereocenters. The van der Waals surface area contributed by atoms with Crippen LogP contribution in [0.3, 0.4) is 0 Å². The minimum Gasteiger partial charge on any atom is -0.465 e. The molecule has 0 radical (unpaired) electrons. The van der Waals surface area contributed by atoms with Crippen LogP contribution < -0.4 is 5.56 Å². The fourth-order valence-corrected chi connectivity index (χ4v) is 3.72. The second-order valence-electron chi connectivity index (χ2n) is 5.02. The molecule has 2 aromatic rings. The SMILES string of the molecule is CCOC(=O)c1c(C(=O)OC)cc(=O)n2c1CSc1ccccc1-2. The number of fused-ring (bicyclic) bond motifs is 3. The van der Waals surface area contributed by atoms with Crippen LogP contribution in [0.25, 0.3) is 5.69 Å². The molecule has 6 nitrogen and oxygen atoms in total. The van der Waals surface area contributed by atoms with Crippen molar-refractivity contribution >= 4 is 23.7 Å². The van der Waals surface area contributed by atoms with E-state index in [1.165, 1.54) is 23.4 Å². The molecule has 0 aliphatic carbocycles. The van der Waals surface area contributed by atoms with Gasteiger partial charge in [0.05, 0.1) is 36.2 Å². The van der Waals surface area contributed by atoms with Crippen molar-refractivity contribution in [2.24, 2.45) is 0 Å². The largest absolute Gasteiger partial charge is 0.465 e. The lowest BCUT2D eigenvalue weighted by Gasteiger charge is -2.24. The Morgan fingerprint density at radius 3 is 2.71 bits per heavy atom. The van der Waals surface area contributed by atoms with E-state index < -0.39 is 11.9 Å². The number of para-hydroxylation sites is 1. The fourth-order valence-electron chi connectivity index (χ4n) is 2.67. The van der Waals surface area contributed by atoms with E-state index in [0.29, 0.717) is 17.1 Å². The van der Waals surface area contributed by atoms with Gasteiger partial charge in [0.2, 0.25) is 0 Å². The second kappa shape index (κ2) is 6.52. The lowest BCUT2D eigenvalue weighted by Crippen LogP contribution is -2.30. The molecule has 0 N–H and O–H groups in total. The van der Waals surface area contributed by atoms with Gasteiger partial charge in [-0.15, -0.1) is 11.8 Å². The number of hydrogen-bond acceptors (Lipinski definition) is 6. The Morgan fingerprint density at radius 1 is 1.25 bits per heavy atom. The highest BCUT2D eigenvalue weighted by molar-refractivity contribution is 7.98. The van der Waals surface area contributed by atoms with Crippen LogP contribution >= 0.6 is 11.8 Å². The molecule has 0 spiro atoms. The number of ether oxygens (including phenoxy) is 2. The first kappa shape index (κ1) is 16.3. The van der Waals surface area contributed by atoms with Crippen LogP contribution in [0.2, 0.25) is 0 Å². The molecule has 1 aromatic carbocycles. The molecule has 3 rings (SSSR count). The third kappa shape index (κ3) is 2.60. The first-order valence-corrected chi connectivity index (χ1v) is 8.33. The lowest BCUT2D eigenvalue weighted by molar-refractivity contribution is 0.0501. The molecule has 0 atom stereocenters. The number of carbonyl (C=O) groups excluding carboxylic acids is 2. The molecule has 124 valence electrons. The maximum Gasteiger partial charge on any atom is 0.340 e. The monoisotopic (exact) mass is 345 g/mol. The van der Waals surface area contributed by atoms with Gasteiger partial charge in [0.1, 0.15) is 0 Å². The van der Waals surface area contributed by atoms with Crippen molar-refractivity contribution < 1.29 is 19.1 Å². The summed E-state index contributed by atoms with van der Waals surface area (Å²) in [5, 5.41) is 0. The minimum absolute atomic E-state index is 0.0628. The molecular formula is C17H15NO5S. The maximum atomic E-state index is 12.6. The van der Waals surface area contributed by atoms with Gasteiger partial charge in [0.15, 0.2) is 0 Å². The van der Waals surface area contributed by atoms with Gasteiger partial charge in [-0.05, 0) is 19.1 Å². The summed E-state index contributed by atoms with van der Waals surface area (Å²) < 4.78 is 11.3.